The second-order valence-electron chi connectivity index (χ2n) is 22.0. The molecule has 462 valence electrons. The Labute approximate surface area is 477 Å². The zero-order valence-electron chi connectivity index (χ0n) is 47.8. The molecule has 0 aliphatic carbocycles. The van der Waals surface area contributed by atoms with E-state index in [1.54, 1.807) is 12.5 Å². The maximum Gasteiger partial charge on any atom is 0.248 e. The van der Waals surface area contributed by atoms with Crippen LogP contribution in [-0.4, -0.2) is 220 Å². The normalized spacial score (nSPS) is 27.7. The van der Waals surface area contributed by atoms with Crippen LogP contribution in [0.15, 0.2) is 24.3 Å². The van der Waals surface area contributed by atoms with Crippen molar-refractivity contribution in [1.82, 2.24) is 41.7 Å². The third-order valence-corrected chi connectivity index (χ3v) is 14.9. The zero-order chi connectivity index (χ0) is 60.7. The van der Waals surface area contributed by atoms with Gasteiger partial charge in [0.2, 0.25) is 41.4 Å². The minimum Gasteiger partial charge on any atom is -0.508 e. The predicted octanol–water partition coefficient (Wildman–Crippen LogP) is -3.32. The Morgan fingerprint density at radius 3 is 1.93 bits per heavy atom. The van der Waals surface area contributed by atoms with E-state index >= 15 is 0 Å². The molecule has 16 atom stereocenters. The molecular weight excluding hydrogens is 1080 g/mol. The van der Waals surface area contributed by atoms with E-state index in [0.29, 0.717) is 24.7 Å². The highest BCUT2D eigenvalue weighted by molar-refractivity contribution is 7.83. The van der Waals surface area contributed by atoms with Gasteiger partial charge < -0.3 is 88.7 Å². The number of aliphatic hydroxyl groups excluding tert-OH is 7. The summed E-state index contributed by atoms with van der Waals surface area (Å²) >= 11 is 0. The summed E-state index contributed by atoms with van der Waals surface area (Å²) in [5.41, 5.74) is 11.5. The van der Waals surface area contributed by atoms with Gasteiger partial charge in [0.05, 0.1) is 30.5 Å². The first-order chi connectivity index (χ1) is 38.3. The highest BCUT2D eigenvalue weighted by Gasteiger charge is 2.49. The molecule has 0 aromatic heterocycles. The lowest BCUT2D eigenvalue weighted by Gasteiger charge is -2.35. The van der Waals surface area contributed by atoms with Crippen LogP contribution >= 0.6 is 0 Å². The van der Waals surface area contributed by atoms with Crippen LogP contribution in [0, 0.1) is 11.8 Å². The van der Waals surface area contributed by atoms with Crippen molar-refractivity contribution in [2.75, 3.05) is 45.2 Å². The van der Waals surface area contributed by atoms with E-state index in [2.05, 4.69) is 52.7 Å². The number of benzene rings is 1. The monoisotopic (exact) mass is 1170 g/mol. The van der Waals surface area contributed by atoms with Crippen LogP contribution in [0.4, 0.5) is 0 Å². The topological polar surface area (TPSA) is 429 Å². The summed E-state index contributed by atoms with van der Waals surface area (Å²) in [6.45, 7) is 6.73. The second kappa shape index (κ2) is 35.3. The van der Waals surface area contributed by atoms with E-state index in [1.807, 2.05) is 0 Å². The van der Waals surface area contributed by atoms with Crippen LogP contribution in [-0.2, 0) is 44.4 Å². The Hall–Kier alpha value is -4.94. The van der Waals surface area contributed by atoms with Gasteiger partial charge in [-0.3, -0.25) is 43.1 Å². The predicted molar refractivity (Wildman–Crippen MR) is 300 cm³/mol. The number of phenolic OH excluding ortho intramolecular Hbond substituents is 1. The maximum atomic E-state index is 14.6. The van der Waals surface area contributed by atoms with Gasteiger partial charge in [-0.15, -0.1) is 0 Å². The third kappa shape index (κ3) is 22.3. The van der Waals surface area contributed by atoms with Gasteiger partial charge >= 0.3 is 0 Å². The van der Waals surface area contributed by atoms with Crippen molar-refractivity contribution in [3.05, 3.63) is 29.8 Å². The average Bonchev–Trinajstić information content (AvgIpc) is 4.06. The molecule has 27 heteroatoms. The molecule has 2 unspecified atom stereocenters. The summed E-state index contributed by atoms with van der Waals surface area (Å²) in [6, 6.07) is -6.40. The molecule has 3 heterocycles. The first-order valence-electron chi connectivity index (χ1n) is 28.3. The van der Waals surface area contributed by atoms with E-state index in [-0.39, 0.29) is 56.8 Å². The number of unbranched alkanes of at least 4 members (excludes halogenated alkanes) is 5. The Balaban J connectivity index is 0.00000416. The SMILES string of the molecule is CCC(C)CC(C)CCCCCCCCC(=O)N[C@H]1C[C@@H](O)[C@H](NCCN)NC(=O)[C@@H]2[C@@H](O)CCN2C(=O)[C@H]([C@@H](O)CCN)NC(=O)[C@H]([C@H](O)[C@@H](O)c2ccc(O)cc2)NC(=O)[C@@H]2C[C@@H](O)CN2C(=O)[C@H]([C@@H](C)O)NC1=O.CS(C)=O. The Bertz CT molecular complexity index is 2180. The molecule has 18 N–H and O–H groups in total. The van der Waals surface area contributed by atoms with Crippen molar-refractivity contribution in [3.63, 3.8) is 0 Å². The van der Waals surface area contributed by atoms with E-state index in [1.165, 1.54) is 30.7 Å². The van der Waals surface area contributed by atoms with Gasteiger partial charge in [0.15, 0.2) is 0 Å². The number of nitrogens with one attached hydrogen (secondary N) is 6. The second-order valence-corrected chi connectivity index (χ2v) is 23.5. The van der Waals surface area contributed by atoms with Gasteiger partial charge in [0.1, 0.15) is 60.4 Å². The van der Waals surface area contributed by atoms with Gasteiger partial charge in [0.25, 0.3) is 0 Å². The Morgan fingerprint density at radius 2 is 1.32 bits per heavy atom. The fourth-order valence-electron chi connectivity index (χ4n) is 10.2. The van der Waals surface area contributed by atoms with E-state index < -0.39 is 157 Å². The first kappa shape index (κ1) is 70.3. The number of carbonyl (C=O) groups is 7. The molecule has 1 aromatic rings. The number of hydrogen-bond donors (Lipinski definition) is 16. The largest absolute Gasteiger partial charge is 0.508 e. The van der Waals surface area contributed by atoms with Crippen molar-refractivity contribution in [2.45, 2.75) is 203 Å². The molecule has 0 bridgehead atoms. The third-order valence-electron chi connectivity index (χ3n) is 14.9. The molecule has 26 nitrogen and oxygen atoms in total. The van der Waals surface area contributed by atoms with Crippen LogP contribution in [0.25, 0.3) is 0 Å². The summed E-state index contributed by atoms with van der Waals surface area (Å²) in [5, 5.41) is 104. The maximum absolute atomic E-state index is 14.6. The number of nitrogens with two attached hydrogens (primary N) is 2. The van der Waals surface area contributed by atoms with Gasteiger partial charge in [-0.1, -0.05) is 77.8 Å². The van der Waals surface area contributed by atoms with Crippen LogP contribution in [0.1, 0.15) is 129 Å². The standard InChI is InChI=1S/C52H88N10O15.C2H6OS/c1-5-28(2)24-29(3)12-10-8-6-7-9-11-13-39(69)56-34-26-38(68)46(55-22-21-54)60-50(75)43-37(67)19-23-61(43)52(77)41(36(66)18-20-53)58-49(74)42(45(71)44(70)31-14-16-32(64)17-15-31)59-48(73)35-25-33(65)27-62(35)51(76)40(30(4)63)57-47(34)72;1-4(2)3/h14-17,28-30,33-38,40-46,55,63-68,70-71H,5-13,18-27,53-54H2,1-4H3,(H,56,69)(H,57,72)(H,58,74)(H,59,73)(H,60,75);1-2H3/t28?,29?,30-,33-,34+,35+,36+,37+,38-,40+,41+,42+,43+,44+,45+,46-;/m1./s1. The molecular formula is C54H94N10O16S. The average molecular weight is 1170 g/mol. The fourth-order valence-corrected chi connectivity index (χ4v) is 10.2. The highest BCUT2D eigenvalue weighted by Crippen LogP contribution is 2.27. The van der Waals surface area contributed by atoms with E-state index in [0.717, 1.165) is 55.2 Å². The van der Waals surface area contributed by atoms with Crippen LogP contribution in [0.2, 0.25) is 0 Å². The quantitative estimate of drug-likeness (QED) is 0.0477. The number of aliphatic hydroxyl groups is 7. The summed E-state index contributed by atoms with van der Waals surface area (Å²) in [4.78, 5) is 102. The van der Waals surface area contributed by atoms with Crippen molar-refractivity contribution in [3.8, 4) is 5.75 Å². The number of phenols is 1. The minimum atomic E-state index is -2.28. The summed E-state index contributed by atoms with van der Waals surface area (Å²) in [5.74, 6) is -6.43. The molecule has 3 aliphatic rings. The molecule has 0 radical (unpaired) electrons. The van der Waals surface area contributed by atoms with Crippen molar-refractivity contribution in [1.29, 1.82) is 0 Å². The molecule has 3 fully saturated rings. The number of amides is 7. The van der Waals surface area contributed by atoms with Gasteiger partial charge in [-0.25, -0.2) is 0 Å². The molecule has 1 aromatic carbocycles. The number of aromatic hydroxyl groups is 1. The summed E-state index contributed by atoms with van der Waals surface area (Å²) in [7, 11) is -0.611. The number of carbonyl (C=O) groups excluding carboxylic acids is 7. The number of rotatable bonds is 23. The fraction of sp³-hybridized carbons (Fsp3) is 0.759. The number of fused-ring (bicyclic) bond motifs is 2. The Kier molecular flexibility index (Phi) is 30.6. The molecule has 4 rings (SSSR count). The summed E-state index contributed by atoms with van der Waals surface area (Å²) in [6.07, 6.45) is -3.67. The molecule has 7 amide bonds. The first-order valence-corrected chi connectivity index (χ1v) is 30.3. The van der Waals surface area contributed by atoms with Gasteiger partial charge in [-0.2, -0.15) is 0 Å². The van der Waals surface area contributed by atoms with Crippen LogP contribution in [0.3, 0.4) is 0 Å². The highest BCUT2D eigenvalue weighted by atomic mass is 32.2. The number of hydrogen-bond acceptors (Lipinski definition) is 19. The van der Waals surface area contributed by atoms with Crippen molar-refractivity contribution in [2.24, 2.45) is 23.3 Å². The number of nitrogens with zero attached hydrogens (tertiary/aromatic N) is 2. The smallest absolute Gasteiger partial charge is 0.248 e. The van der Waals surface area contributed by atoms with Crippen molar-refractivity contribution < 1.29 is 78.6 Å². The van der Waals surface area contributed by atoms with E-state index in [4.69, 9.17) is 11.5 Å². The molecule has 0 saturated carbocycles. The lowest BCUT2D eigenvalue weighted by molar-refractivity contribution is -0.148. The molecule has 3 saturated heterocycles. The van der Waals surface area contributed by atoms with Crippen LogP contribution in [0.5, 0.6) is 5.75 Å². The molecule has 0 spiro atoms. The lowest BCUT2D eigenvalue weighted by Crippen LogP contribution is -2.65. The zero-order valence-corrected chi connectivity index (χ0v) is 48.6. The van der Waals surface area contributed by atoms with Gasteiger partial charge in [-0.05, 0) is 68.7 Å². The lowest BCUT2D eigenvalue weighted by atomic mass is 9.91. The summed E-state index contributed by atoms with van der Waals surface area (Å²) < 4.78 is 9.56. The molecule has 81 heavy (non-hydrogen) atoms. The van der Waals surface area contributed by atoms with Gasteiger partial charge in [0, 0.05) is 68.8 Å². The minimum absolute atomic E-state index is 0.0257. The Morgan fingerprint density at radius 1 is 0.728 bits per heavy atom. The molecule has 3 aliphatic heterocycles. The van der Waals surface area contributed by atoms with Crippen molar-refractivity contribution >= 4 is 52.1 Å². The van der Waals surface area contributed by atoms with E-state index in [9.17, 15) is 78.6 Å². The van der Waals surface area contributed by atoms with Crippen LogP contribution < -0.4 is 43.4 Å².